The van der Waals surface area contributed by atoms with E-state index in [1.807, 2.05) is 38.1 Å². The Morgan fingerprint density at radius 2 is 1.56 bits per heavy atom. The monoisotopic (exact) mass is 692 g/mol. The second-order valence-electron chi connectivity index (χ2n) is 11.7. The number of carbonyl (C=O) groups is 4. The summed E-state index contributed by atoms with van der Waals surface area (Å²) in [4.78, 5) is 51.0. The van der Waals surface area contributed by atoms with E-state index in [9.17, 15) is 34.0 Å². The molecule has 0 fully saturated rings. The van der Waals surface area contributed by atoms with E-state index in [0.717, 1.165) is 17.1 Å². The van der Waals surface area contributed by atoms with Crippen LogP contribution in [0.4, 0.5) is 0 Å². The fourth-order valence-electron chi connectivity index (χ4n) is 5.17. The van der Waals surface area contributed by atoms with Gasteiger partial charge in [0.05, 0.1) is 27.1 Å². The first-order valence-corrected chi connectivity index (χ1v) is 17.3. The number of carboxylic acid groups (broad SMARTS) is 1. The minimum Gasteiger partial charge on any atom is -0.480 e. The fraction of sp³-hybridized carbons (Fsp3) is 0.286. The van der Waals surface area contributed by atoms with E-state index in [1.165, 1.54) is 31.4 Å². The summed E-state index contributed by atoms with van der Waals surface area (Å²) >= 11 is 1.09. The van der Waals surface area contributed by atoms with Crippen LogP contribution in [0.2, 0.25) is 0 Å². The molecule has 0 aliphatic heterocycles. The number of aliphatic hydroxyl groups is 1. The number of methoxy groups -OCH3 is 1. The molecule has 0 aliphatic carbocycles. The summed E-state index contributed by atoms with van der Waals surface area (Å²) in [6.45, 7) is 3.68. The van der Waals surface area contributed by atoms with Gasteiger partial charge in [-0.25, -0.2) is 9.59 Å². The molecule has 4 atom stereocenters. The Hall–Kier alpha value is -4.51. The van der Waals surface area contributed by atoms with E-state index in [1.54, 1.807) is 47.1 Å². The van der Waals surface area contributed by atoms with Crippen LogP contribution in [0.3, 0.4) is 0 Å². The summed E-state index contributed by atoms with van der Waals surface area (Å²) in [6, 6.07) is 24.6. The van der Waals surface area contributed by atoms with Crippen molar-refractivity contribution in [1.29, 1.82) is 0 Å². The first-order valence-electron chi connectivity index (χ1n) is 15.3. The number of ether oxygens (including phenoxy) is 1. The molecule has 0 saturated carbocycles. The average molecular weight is 693 g/mol. The van der Waals surface area contributed by atoms with Gasteiger partial charge in [-0.05, 0) is 60.7 Å². The van der Waals surface area contributed by atoms with Gasteiger partial charge in [-0.15, -0.1) is 5.43 Å². The summed E-state index contributed by atoms with van der Waals surface area (Å²) < 4.78 is 19.2. The van der Waals surface area contributed by atoms with E-state index >= 15 is 0 Å². The number of hydrogen-bond donors (Lipinski definition) is 4. The van der Waals surface area contributed by atoms with E-state index in [-0.39, 0.29) is 35.6 Å². The predicted octanol–water partition coefficient (Wildman–Crippen LogP) is 4.31. The zero-order valence-corrected chi connectivity index (χ0v) is 28.8. The number of hydrogen-bond acceptors (Lipinski definition) is 8. The normalized spacial score (nSPS) is 13.9. The van der Waals surface area contributed by atoms with Gasteiger partial charge in [0, 0.05) is 28.8 Å². The average Bonchev–Trinajstić information content (AvgIpc) is 3.09. The van der Waals surface area contributed by atoms with Crippen molar-refractivity contribution in [3.05, 3.63) is 108 Å². The van der Waals surface area contributed by atoms with Crippen molar-refractivity contribution < 1.29 is 43.4 Å². The number of para-hydroxylation sites is 1. The number of esters is 1. The van der Waals surface area contributed by atoms with Crippen molar-refractivity contribution in [1.82, 2.24) is 5.32 Å². The van der Waals surface area contributed by atoms with Crippen molar-refractivity contribution in [2.75, 3.05) is 18.3 Å². The van der Waals surface area contributed by atoms with E-state index in [0.29, 0.717) is 16.1 Å². The zero-order valence-electron chi connectivity index (χ0n) is 26.8. The van der Waals surface area contributed by atoms with Gasteiger partial charge in [0.15, 0.2) is 0 Å². The number of pyridine rings is 1. The van der Waals surface area contributed by atoms with Gasteiger partial charge in [0.2, 0.25) is 11.4 Å². The van der Waals surface area contributed by atoms with E-state index in [4.69, 9.17) is 4.74 Å². The minimum atomic E-state index is -2.03. The molecule has 48 heavy (non-hydrogen) atoms. The number of nitrogens with one attached hydrogen (secondary N) is 2. The van der Waals surface area contributed by atoms with Gasteiger partial charge >= 0.3 is 17.8 Å². The third-order valence-corrected chi connectivity index (χ3v) is 10.3. The van der Waals surface area contributed by atoms with E-state index < -0.39 is 49.5 Å². The molecule has 13 heteroatoms. The standard InChI is InChI=1S/C35H38N3O8PS/c1-22(2)19-28(33(41)42)36-32(40)27(20-23-9-5-4-6-10-23)35(44,47-45)21-48-30-18-17-24-11-7-8-12-29(24)38(30)37-31(39)25-13-15-26(16-14-25)34(43)46-3/h4-18,22,27-28,44H,19-21,47H2,1-3H3,(H2-,36,37,39,40,41,42)/p+1/t27?,28-,35?/m0/s1. The summed E-state index contributed by atoms with van der Waals surface area (Å²) in [7, 11) is -0.681. The van der Waals surface area contributed by atoms with Gasteiger partial charge in [0.1, 0.15) is 11.4 Å². The van der Waals surface area contributed by atoms with Crippen molar-refractivity contribution >= 4 is 54.9 Å². The fourth-order valence-corrected chi connectivity index (χ4v) is 7.15. The molecule has 3 aromatic carbocycles. The Kier molecular flexibility index (Phi) is 12.5. The van der Waals surface area contributed by atoms with Crippen LogP contribution in [0, 0.1) is 11.8 Å². The Labute approximate surface area is 283 Å². The van der Waals surface area contributed by atoms with Crippen LogP contribution in [-0.2, 0) is 25.3 Å². The number of fused-ring (bicyclic) bond motifs is 1. The molecule has 4 rings (SSSR count). The molecular weight excluding hydrogens is 653 g/mol. The maximum absolute atomic E-state index is 13.7. The first kappa shape index (κ1) is 36.3. The molecule has 1 heterocycles. The third kappa shape index (κ3) is 9.09. The number of carboxylic acids is 1. The highest BCUT2D eigenvalue weighted by molar-refractivity contribution is 7.99. The summed E-state index contributed by atoms with van der Waals surface area (Å²) in [5, 5.41) is 23.5. The molecule has 4 N–H and O–H groups in total. The molecule has 0 aliphatic rings. The van der Waals surface area contributed by atoms with E-state index in [2.05, 4.69) is 10.7 Å². The molecule has 2 amide bonds. The number of carbonyl (C=O) groups excluding carboxylic acids is 3. The Balaban J connectivity index is 1.66. The van der Waals surface area contributed by atoms with Crippen LogP contribution in [0.1, 0.15) is 46.5 Å². The van der Waals surface area contributed by atoms with Gasteiger partial charge in [0.25, 0.3) is 5.03 Å². The number of aromatic nitrogens is 1. The smallest absolute Gasteiger partial charge is 0.337 e. The van der Waals surface area contributed by atoms with Crippen LogP contribution in [0.5, 0.6) is 0 Å². The summed E-state index contributed by atoms with van der Waals surface area (Å²) in [5.41, 5.74) is 4.78. The molecule has 0 radical (unpaired) electrons. The van der Waals surface area contributed by atoms with Crippen LogP contribution in [-0.4, -0.2) is 58.2 Å². The molecule has 0 saturated heterocycles. The van der Waals surface area contributed by atoms with Crippen molar-refractivity contribution in [2.24, 2.45) is 11.8 Å². The molecule has 0 bridgehead atoms. The molecule has 0 spiro atoms. The highest BCUT2D eigenvalue weighted by Gasteiger charge is 2.43. The van der Waals surface area contributed by atoms with Gasteiger partial charge in [-0.3, -0.25) is 9.59 Å². The van der Waals surface area contributed by atoms with Gasteiger partial charge < -0.3 is 24.8 Å². The number of nitrogens with zero attached hydrogens (tertiary/aromatic N) is 1. The van der Waals surface area contributed by atoms with Gasteiger partial charge in [-0.2, -0.15) is 0 Å². The number of rotatable bonds is 15. The van der Waals surface area contributed by atoms with Crippen molar-refractivity contribution in [3.63, 3.8) is 0 Å². The summed E-state index contributed by atoms with van der Waals surface area (Å²) in [5.74, 6) is -4.40. The lowest BCUT2D eigenvalue weighted by atomic mass is 9.92. The zero-order chi connectivity index (χ0) is 34.8. The Morgan fingerprint density at radius 1 is 0.917 bits per heavy atom. The lowest BCUT2D eigenvalue weighted by molar-refractivity contribution is -0.653. The van der Waals surface area contributed by atoms with Crippen LogP contribution in [0.15, 0.2) is 96.0 Å². The highest BCUT2D eigenvalue weighted by Crippen LogP contribution is 2.37. The first-order chi connectivity index (χ1) is 22.9. The van der Waals surface area contributed by atoms with Crippen molar-refractivity contribution in [3.8, 4) is 0 Å². The molecule has 252 valence electrons. The SMILES string of the molecule is COC(=O)c1ccc(C(=O)N[n+]2c(SCC(O)([PH2]=O)C(Cc3ccccc3)C(=O)N[C@@H](CC(C)C)C(=O)O)ccc3ccccc32)cc1. The Morgan fingerprint density at radius 3 is 2.19 bits per heavy atom. The largest absolute Gasteiger partial charge is 0.480 e. The number of amides is 2. The molecule has 3 unspecified atom stereocenters. The third-order valence-electron chi connectivity index (χ3n) is 7.76. The second-order valence-corrected chi connectivity index (χ2v) is 14.0. The molecule has 1 aromatic heterocycles. The Bertz CT molecular complexity index is 1790. The molecular formula is C35H39N3O8PS+. The summed E-state index contributed by atoms with van der Waals surface area (Å²) in [6.07, 6.45) is 0.196. The van der Waals surface area contributed by atoms with Crippen LogP contribution < -0.4 is 15.4 Å². The van der Waals surface area contributed by atoms with Crippen molar-refractivity contribution in [2.45, 2.75) is 43.1 Å². The lowest BCUT2D eigenvalue weighted by Crippen LogP contribution is -2.52. The van der Waals surface area contributed by atoms with Crippen LogP contribution >= 0.6 is 20.2 Å². The van der Waals surface area contributed by atoms with Crippen LogP contribution in [0.25, 0.3) is 10.9 Å². The topological polar surface area (TPSA) is 163 Å². The minimum absolute atomic E-state index is 0.0169. The van der Waals surface area contributed by atoms with Gasteiger partial charge in [-0.1, -0.05) is 72.8 Å². The number of benzene rings is 3. The maximum Gasteiger partial charge on any atom is 0.337 e. The predicted molar refractivity (Wildman–Crippen MR) is 184 cm³/mol. The number of thioether (sulfide) groups is 1. The lowest BCUT2D eigenvalue weighted by Gasteiger charge is -2.32. The maximum atomic E-state index is 13.7. The molecule has 4 aromatic rings. The number of aliphatic carboxylic acids is 1. The molecule has 11 nitrogen and oxygen atoms in total. The second kappa shape index (κ2) is 16.5. The highest BCUT2D eigenvalue weighted by atomic mass is 32.2. The quantitative estimate of drug-likeness (QED) is 0.0616.